The van der Waals surface area contributed by atoms with Gasteiger partial charge in [0.1, 0.15) is 5.84 Å². The molecule has 0 spiro atoms. The van der Waals surface area contributed by atoms with Crippen molar-refractivity contribution in [1.82, 2.24) is 0 Å². The smallest absolute Gasteiger partial charge is 0.235 e. The van der Waals surface area contributed by atoms with Crippen molar-refractivity contribution in [2.24, 2.45) is 5.73 Å². The molecule has 0 unspecified atom stereocenters. The molecule has 1 aliphatic carbocycles. The average molecular weight is 281 g/mol. The summed E-state index contributed by atoms with van der Waals surface area (Å²) in [5.41, 5.74) is 6.46. The fraction of sp³-hybridized carbons (Fsp3) is 0.462. The third-order valence-electron chi connectivity index (χ3n) is 3.45. The molecule has 2 rings (SSSR count). The van der Waals surface area contributed by atoms with E-state index in [1.807, 2.05) is 0 Å². The highest BCUT2D eigenvalue weighted by Crippen LogP contribution is 2.25. The summed E-state index contributed by atoms with van der Waals surface area (Å²) in [5.74, 6) is -0.0262. The van der Waals surface area contributed by atoms with Crippen LogP contribution in [0.2, 0.25) is 0 Å². The molecule has 19 heavy (non-hydrogen) atoms. The minimum Gasteiger partial charge on any atom is -0.384 e. The second-order valence-electron chi connectivity index (χ2n) is 4.90. The Kier molecular flexibility index (Phi) is 4.09. The van der Waals surface area contributed by atoms with E-state index in [1.165, 1.54) is 0 Å². The van der Waals surface area contributed by atoms with Gasteiger partial charge in [0.2, 0.25) is 10.0 Å². The minimum atomic E-state index is -3.30. The van der Waals surface area contributed by atoms with Gasteiger partial charge < -0.3 is 5.73 Å². The molecule has 1 aliphatic rings. The summed E-state index contributed by atoms with van der Waals surface area (Å²) >= 11 is 0. The van der Waals surface area contributed by atoms with E-state index in [0.29, 0.717) is 11.3 Å². The van der Waals surface area contributed by atoms with Crippen molar-refractivity contribution in [3.05, 3.63) is 29.8 Å². The molecule has 0 aliphatic heterocycles. The zero-order chi connectivity index (χ0) is 13.9. The third-order valence-corrected chi connectivity index (χ3v) is 5.32. The lowest BCUT2D eigenvalue weighted by Crippen LogP contribution is -2.29. The van der Waals surface area contributed by atoms with Crippen LogP contribution in [-0.4, -0.2) is 19.5 Å². The highest BCUT2D eigenvalue weighted by Gasteiger charge is 2.26. The minimum absolute atomic E-state index is 0.0262. The van der Waals surface area contributed by atoms with Crippen LogP contribution in [0.25, 0.3) is 0 Å². The second kappa shape index (κ2) is 5.61. The highest BCUT2D eigenvalue weighted by molar-refractivity contribution is 7.93. The molecule has 0 amide bonds. The summed E-state index contributed by atoms with van der Waals surface area (Å²) < 4.78 is 27.0. The van der Waals surface area contributed by atoms with Crippen molar-refractivity contribution in [1.29, 1.82) is 5.41 Å². The van der Waals surface area contributed by atoms with E-state index in [0.717, 1.165) is 32.1 Å². The predicted molar refractivity (Wildman–Crippen MR) is 76.9 cm³/mol. The first-order chi connectivity index (χ1) is 8.99. The molecular formula is C13H19N3O2S. The van der Waals surface area contributed by atoms with Gasteiger partial charge in [0.15, 0.2) is 0 Å². The maximum absolute atomic E-state index is 12.2. The van der Waals surface area contributed by atoms with E-state index in [4.69, 9.17) is 11.1 Å². The van der Waals surface area contributed by atoms with Gasteiger partial charge >= 0.3 is 0 Å². The van der Waals surface area contributed by atoms with Gasteiger partial charge in [-0.15, -0.1) is 0 Å². The number of nitrogens with one attached hydrogen (secondary N) is 2. The first kappa shape index (κ1) is 13.9. The van der Waals surface area contributed by atoms with Crippen LogP contribution in [0.1, 0.15) is 37.7 Å². The van der Waals surface area contributed by atoms with E-state index in [2.05, 4.69) is 4.72 Å². The summed E-state index contributed by atoms with van der Waals surface area (Å²) in [6.45, 7) is 0. The van der Waals surface area contributed by atoms with Crippen LogP contribution in [0.3, 0.4) is 0 Å². The van der Waals surface area contributed by atoms with Gasteiger partial charge in [0.05, 0.1) is 5.25 Å². The van der Waals surface area contributed by atoms with Crippen LogP contribution in [0, 0.1) is 5.41 Å². The number of hydrogen-bond acceptors (Lipinski definition) is 3. The maximum atomic E-state index is 12.2. The number of rotatable bonds is 4. The van der Waals surface area contributed by atoms with E-state index < -0.39 is 10.0 Å². The topological polar surface area (TPSA) is 96.0 Å². The zero-order valence-corrected chi connectivity index (χ0v) is 11.5. The molecule has 4 N–H and O–H groups in total. The largest absolute Gasteiger partial charge is 0.384 e. The Balaban J connectivity index is 2.09. The molecule has 0 bridgehead atoms. The Morgan fingerprint density at radius 3 is 2.26 bits per heavy atom. The second-order valence-corrected chi connectivity index (χ2v) is 6.86. The lowest BCUT2D eigenvalue weighted by Gasteiger charge is -2.22. The van der Waals surface area contributed by atoms with Gasteiger partial charge in [0, 0.05) is 11.3 Å². The summed E-state index contributed by atoms with van der Waals surface area (Å²) in [7, 11) is -3.30. The molecule has 0 atom stereocenters. The van der Waals surface area contributed by atoms with Gasteiger partial charge in [-0.25, -0.2) is 8.42 Å². The summed E-state index contributed by atoms with van der Waals surface area (Å²) in [6, 6.07) is 6.55. The molecule has 0 heterocycles. The molecule has 0 radical (unpaired) electrons. The SMILES string of the molecule is N=C(N)c1ccc(NS(=O)(=O)C2CCCCC2)cc1. The standard InChI is InChI=1S/C13H19N3O2S/c14-13(15)10-6-8-11(9-7-10)16-19(17,18)12-4-2-1-3-5-12/h6-9,12,16H,1-5H2,(H3,14,15). The summed E-state index contributed by atoms with van der Waals surface area (Å²) in [4.78, 5) is 0. The molecule has 1 saturated carbocycles. The fourth-order valence-corrected chi connectivity index (χ4v) is 3.93. The Labute approximate surface area is 113 Å². The fourth-order valence-electron chi connectivity index (χ4n) is 2.34. The van der Waals surface area contributed by atoms with Gasteiger partial charge in [-0.1, -0.05) is 19.3 Å². The molecule has 0 aromatic heterocycles. The lowest BCUT2D eigenvalue weighted by molar-refractivity contribution is 0.486. The summed E-state index contributed by atoms with van der Waals surface area (Å²) in [6.07, 6.45) is 4.56. The first-order valence-corrected chi connectivity index (χ1v) is 8.00. The van der Waals surface area contributed by atoms with Crippen molar-refractivity contribution in [2.75, 3.05) is 4.72 Å². The van der Waals surface area contributed by atoms with Crippen molar-refractivity contribution in [2.45, 2.75) is 37.4 Å². The lowest BCUT2D eigenvalue weighted by atomic mass is 10.0. The average Bonchev–Trinajstić information content (AvgIpc) is 2.40. The Morgan fingerprint density at radius 1 is 1.16 bits per heavy atom. The Morgan fingerprint density at radius 2 is 1.74 bits per heavy atom. The monoisotopic (exact) mass is 281 g/mol. The van der Waals surface area contributed by atoms with Gasteiger partial charge in [0.25, 0.3) is 0 Å². The number of amidine groups is 1. The van der Waals surface area contributed by atoms with Crippen molar-refractivity contribution in [3.8, 4) is 0 Å². The Hall–Kier alpha value is -1.56. The number of anilines is 1. The molecule has 0 saturated heterocycles. The first-order valence-electron chi connectivity index (χ1n) is 6.45. The number of sulfonamides is 1. The van der Waals surface area contributed by atoms with E-state index in [1.54, 1.807) is 24.3 Å². The van der Waals surface area contributed by atoms with Crippen LogP contribution >= 0.6 is 0 Å². The summed E-state index contributed by atoms with van der Waals surface area (Å²) in [5, 5.41) is 7.00. The third kappa shape index (κ3) is 3.47. The van der Waals surface area contributed by atoms with E-state index in [9.17, 15) is 8.42 Å². The quantitative estimate of drug-likeness (QED) is 0.582. The number of benzene rings is 1. The molecular weight excluding hydrogens is 262 g/mol. The van der Waals surface area contributed by atoms with Crippen LogP contribution in [-0.2, 0) is 10.0 Å². The van der Waals surface area contributed by atoms with Gasteiger partial charge in [-0.2, -0.15) is 0 Å². The molecule has 5 nitrogen and oxygen atoms in total. The normalized spacial score (nSPS) is 17.1. The number of nitrogen functional groups attached to an aromatic ring is 1. The van der Waals surface area contributed by atoms with E-state index in [-0.39, 0.29) is 11.1 Å². The number of hydrogen-bond donors (Lipinski definition) is 3. The van der Waals surface area contributed by atoms with Crippen LogP contribution in [0.4, 0.5) is 5.69 Å². The van der Waals surface area contributed by atoms with Crippen LogP contribution < -0.4 is 10.5 Å². The molecule has 1 aromatic rings. The zero-order valence-electron chi connectivity index (χ0n) is 10.7. The molecule has 104 valence electrons. The predicted octanol–water partition coefficient (Wildman–Crippen LogP) is 2.05. The van der Waals surface area contributed by atoms with Crippen molar-refractivity contribution < 1.29 is 8.42 Å². The maximum Gasteiger partial charge on any atom is 0.235 e. The number of nitrogens with two attached hydrogens (primary N) is 1. The molecule has 1 fully saturated rings. The van der Waals surface area contributed by atoms with Gasteiger partial charge in [-0.3, -0.25) is 10.1 Å². The van der Waals surface area contributed by atoms with Gasteiger partial charge in [-0.05, 0) is 37.1 Å². The van der Waals surface area contributed by atoms with Crippen molar-refractivity contribution >= 4 is 21.5 Å². The van der Waals surface area contributed by atoms with Crippen LogP contribution in [0.5, 0.6) is 0 Å². The van der Waals surface area contributed by atoms with Crippen molar-refractivity contribution in [3.63, 3.8) is 0 Å². The highest BCUT2D eigenvalue weighted by atomic mass is 32.2. The van der Waals surface area contributed by atoms with Crippen LogP contribution in [0.15, 0.2) is 24.3 Å². The Bertz CT molecular complexity index is 546. The van der Waals surface area contributed by atoms with E-state index >= 15 is 0 Å². The molecule has 6 heteroatoms. The molecule has 1 aromatic carbocycles.